The van der Waals surface area contributed by atoms with Crippen LogP contribution < -0.4 is 10.6 Å². The van der Waals surface area contributed by atoms with Crippen molar-refractivity contribution in [2.24, 2.45) is 0 Å². The second-order valence-corrected chi connectivity index (χ2v) is 3.49. The van der Waals surface area contributed by atoms with Gasteiger partial charge in [-0.15, -0.1) is 0 Å². The number of urea groups is 1. The molecular weight excluding hydrogens is 164 g/mol. The Morgan fingerprint density at radius 2 is 2.27 bits per heavy atom. The number of thioether (sulfide) groups is 1. The number of nitrogens with one attached hydrogen (secondary N) is 2. The zero-order valence-electron chi connectivity index (χ0n) is 6.22. The summed E-state index contributed by atoms with van der Waals surface area (Å²) < 4.78 is 0. The SMILES string of the molecule is CCSCC1NC(=O)NC1=O. The Hall–Kier alpha value is -0.710. The Kier molecular flexibility index (Phi) is 2.76. The minimum Gasteiger partial charge on any atom is -0.325 e. The summed E-state index contributed by atoms with van der Waals surface area (Å²) in [6, 6.07) is -0.704. The highest BCUT2D eigenvalue weighted by Gasteiger charge is 2.28. The van der Waals surface area contributed by atoms with E-state index in [2.05, 4.69) is 10.6 Å². The van der Waals surface area contributed by atoms with E-state index in [0.29, 0.717) is 5.75 Å². The first-order valence-electron chi connectivity index (χ1n) is 3.43. The van der Waals surface area contributed by atoms with E-state index in [4.69, 9.17) is 0 Å². The Balaban J connectivity index is 2.34. The van der Waals surface area contributed by atoms with E-state index in [9.17, 15) is 9.59 Å². The fraction of sp³-hybridized carbons (Fsp3) is 0.667. The molecule has 1 unspecified atom stereocenters. The van der Waals surface area contributed by atoms with Gasteiger partial charge in [0.05, 0.1) is 0 Å². The lowest BCUT2D eigenvalue weighted by Crippen LogP contribution is -2.31. The summed E-state index contributed by atoms with van der Waals surface area (Å²) in [6.07, 6.45) is 0. The van der Waals surface area contributed by atoms with Crippen LogP contribution in [0.5, 0.6) is 0 Å². The Morgan fingerprint density at radius 3 is 2.73 bits per heavy atom. The average molecular weight is 174 g/mol. The number of rotatable bonds is 3. The molecule has 1 fully saturated rings. The van der Waals surface area contributed by atoms with Gasteiger partial charge in [0, 0.05) is 5.75 Å². The van der Waals surface area contributed by atoms with E-state index in [-0.39, 0.29) is 18.0 Å². The first-order chi connectivity index (χ1) is 5.24. The lowest BCUT2D eigenvalue weighted by molar-refractivity contribution is -0.119. The quantitative estimate of drug-likeness (QED) is 0.590. The molecule has 0 spiro atoms. The van der Waals surface area contributed by atoms with E-state index >= 15 is 0 Å². The molecule has 11 heavy (non-hydrogen) atoms. The summed E-state index contributed by atoms with van der Waals surface area (Å²) in [7, 11) is 0. The van der Waals surface area contributed by atoms with Gasteiger partial charge in [-0.25, -0.2) is 4.79 Å². The lowest BCUT2D eigenvalue weighted by atomic mass is 10.3. The smallest absolute Gasteiger partial charge is 0.322 e. The number of hydrogen-bond donors (Lipinski definition) is 2. The van der Waals surface area contributed by atoms with Crippen LogP contribution in [0.1, 0.15) is 6.92 Å². The van der Waals surface area contributed by atoms with Crippen LogP contribution in [0.15, 0.2) is 0 Å². The molecule has 0 aromatic heterocycles. The zero-order chi connectivity index (χ0) is 8.27. The van der Waals surface area contributed by atoms with Gasteiger partial charge in [0.25, 0.3) is 5.91 Å². The van der Waals surface area contributed by atoms with Gasteiger partial charge in [0.2, 0.25) is 0 Å². The van der Waals surface area contributed by atoms with Crippen LogP contribution in [0.4, 0.5) is 4.79 Å². The molecule has 5 heteroatoms. The maximum absolute atomic E-state index is 10.9. The van der Waals surface area contributed by atoms with Crippen molar-refractivity contribution in [1.82, 2.24) is 10.6 Å². The van der Waals surface area contributed by atoms with Crippen molar-refractivity contribution in [1.29, 1.82) is 0 Å². The minimum atomic E-state index is -0.378. The second-order valence-electron chi connectivity index (χ2n) is 2.17. The largest absolute Gasteiger partial charge is 0.325 e. The maximum atomic E-state index is 10.9. The molecule has 0 radical (unpaired) electrons. The maximum Gasteiger partial charge on any atom is 0.322 e. The molecule has 2 N–H and O–H groups in total. The van der Waals surface area contributed by atoms with Crippen molar-refractivity contribution in [3.63, 3.8) is 0 Å². The molecule has 4 nitrogen and oxygen atoms in total. The van der Waals surface area contributed by atoms with Crippen LogP contribution in [-0.4, -0.2) is 29.5 Å². The Labute approximate surface area is 69.1 Å². The van der Waals surface area contributed by atoms with Gasteiger partial charge in [-0.1, -0.05) is 6.92 Å². The summed E-state index contributed by atoms with van der Waals surface area (Å²) in [6.45, 7) is 2.01. The third kappa shape index (κ3) is 2.11. The van der Waals surface area contributed by atoms with Crippen molar-refractivity contribution >= 4 is 23.7 Å². The van der Waals surface area contributed by atoms with Crippen LogP contribution in [-0.2, 0) is 4.79 Å². The van der Waals surface area contributed by atoms with E-state index in [1.54, 1.807) is 11.8 Å². The Bertz CT molecular complexity index is 183. The normalized spacial score (nSPS) is 23.2. The molecule has 0 aromatic carbocycles. The molecule has 1 aliphatic rings. The van der Waals surface area contributed by atoms with Crippen LogP contribution in [0.2, 0.25) is 0 Å². The molecule has 1 heterocycles. The third-order valence-corrected chi connectivity index (χ3v) is 2.32. The van der Waals surface area contributed by atoms with Crippen molar-refractivity contribution in [2.75, 3.05) is 11.5 Å². The first kappa shape index (κ1) is 8.39. The van der Waals surface area contributed by atoms with Crippen molar-refractivity contribution in [3.05, 3.63) is 0 Å². The van der Waals surface area contributed by atoms with Crippen molar-refractivity contribution < 1.29 is 9.59 Å². The highest BCUT2D eigenvalue weighted by molar-refractivity contribution is 7.99. The summed E-state index contributed by atoms with van der Waals surface area (Å²) in [5, 5.41) is 4.69. The fourth-order valence-corrected chi connectivity index (χ4v) is 1.52. The monoisotopic (exact) mass is 174 g/mol. The summed E-state index contributed by atoms with van der Waals surface area (Å²) >= 11 is 1.64. The minimum absolute atomic E-state index is 0.212. The predicted molar refractivity (Wildman–Crippen MR) is 43.5 cm³/mol. The molecule has 0 saturated carbocycles. The van der Waals surface area contributed by atoms with Crippen LogP contribution >= 0.6 is 11.8 Å². The number of hydrogen-bond acceptors (Lipinski definition) is 3. The molecule has 0 aliphatic carbocycles. The molecule has 1 rings (SSSR count). The van der Waals surface area contributed by atoms with Gasteiger partial charge in [-0.3, -0.25) is 10.1 Å². The van der Waals surface area contributed by atoms with Gasteiger partial charge >= 0.3 is 6.03 Å². The molecule has 1 aliphatic heterocycles. The van der Waals surface area contributed by atoms with E-state index in [0.717, 1.165) is 5.75 Å². The summed E-state index contributed by atoms with van der Waals surface area (Å²) in [5.74, 6) is 1.41. The lowest BCUT2D eigenvalue weighted by Gasteiger charge is -2.03. The molecule has 62 valence electrons. The number of amides is 3. The highest BCUT2D eigenvalue weighted by Crippen LogP contribution is 2.04. The first-order valence-corrected chi connectivity index (χ1v) is 4.58. The molecule has 1 atom stereocenters. The van der Waals surface area contributed by atoms with Gasteiger partial charge in [-0.2, -0.15) is 11.8 Å². The van der Waals surface area contributed by atoms with E-state index in [1.165, 1.54) is 0 Å². The van der Waals surface area contributed by atoms with Gasteiger partial charge in [0.1, 0.15) is 6.04 Å². The van der Waals surface area contributed by atoms with Gasteiger partial charge in [-0.05, 0) is 5.75 Å². The van der Waals surface area contributed by atoms with Crippen LogP contribution in [0.3, 0.4) is 0 Å². The Morgan fingerprint density at radius 1 is 1.55 bits per heavy atom. The number of carbonyl (C=O) groups excluding carboxylic acids is 2. The molecule has 0 aromatic rings. The fourth-order valence-electron chi connectivity index (χ4n) is 0.812. The van der Waals surface area contributed by atoms with Gasteiger partial charge in [0.15, 0.2) is 0 Å². The number of carbonyl (C=O) groups is 2. The van der Waals surface area contributed by atoms with Crippen molar-refractivity contribution in [2.45, 2.75) is 13.0 Å². The molecule has 0 bridgehead atoms. The number of imide groups is 1. The standard InChI is InChI=1S/C6H10N2O2S/c1-2-11-3-4-5(9)8-6(10)7-4/h4H,2-3H2,1H3,(H2,7,8,9,10). The van der Waals surface area contributed by atoms with E-state index in [1.807, 2.05) is 6.92 Å². The predicted octanol–water partition coefficient (Wildman–Crippen LogP) is -0.0525. The third-order valence-electron chi connectivity index (χ3n) is 1.35. The second kappa shape index (κ2) is 3.61. The van der Waals surface area contributed by atoms with Crippen LogP contribution in [0.25, 0.3) is 0 Å². The van der Waals surface area contributed by atoms with Gasteiger partial charge < -0.3 is 5.32 Å². The molecule has 1 saturated heterocycles. The molecule has 3 amide bonds. The average Bonchev–Trinajstić information content (AvgIpc) is 2.26. The van der Waals surface area contributed by atoms with Crippen LogP contribution in [0, 0.1) is 0 Å². The van der Waals surface area contributed by atoms with Crippen molar-refractivity contribution in [3.8, 4) is 0 Å². The molecular formula is C6H10N2O2S. The zero-order valence-corrected chi connectivity index (χ0v) is 7.03. The topological polar surface area (TPSA) is 58.2 Å². The highest BCUT2D eigenvalue weighted by atomic mass is 32.2. The van der Waals surface area contributed by atoms with E-state index < -0.39 is 0 Å². The summed E-state index contributed by atoms with van der Waals surface area (Å²) in [5.41, 5.74) is 0. The summed E-state index contributed by atoms with van der Waals surface area (Å²) in [4.78, 5) is 21.5.